The first-order chi connectivity index (χ1) is 14.3. The third-order valence-corrected chi connectivity index (χ3v) is 4.83. The van der Waals surface area contributed by atoms with E-state index in [1.807, 2.05) is 65.0 Å². The number of carbonyl (C=O) groups excluding carboxylic acids is 1. The fourth-order valence-corrected chi connectivity index (χ4v) is 3.37. The molecule has 8 heteroatoms. The molecule has 0 saturated carbocycles. The van der Waals surface area contributed by atoms with Crippen molar-refractivity contribution in [3.8, 4) is 0 Å². The maximum Gasteiger partial charge on any atom is 0.408 e. The lowest BCUT2D eigenvalue weighted by Crippen LogP contribution is -2.40. The van der Waals surface area contributed by atoms with Crippen LogP contribution in [0.5, 0.6) is 0 Å². The van der Waals surface area contributed by atoms with Gasteiger partial charge < -0.3 is 20.7 Å². The summed E-state index contributed by atoms with van der Waals surface area (Å²) in [5.74, 6) is 0.705. The summed E-state index contributed by atoms with van der Waals surface area (Å²) >= 11 is 1.66. The van der Waals surface area contributed by atoms with Crippen molar-refractivity contribution in [2.75, 3.05) is 19.6 Å². The van der Waals surface area contributed by atoms with Gasteiger partial charge in [-0.25, -0.2) is 9.78 Å². The quantitative estimate of drug-likeness (QED) is 0.437. The van der Waals surface area contributed by atoms with Crippen molar-refractivity contribution in [3.05, 3.63) is 52.0 Å². The molecule has 3 N–H and O–H groups in total. The van der Waals surface area contributed by atoms with Crippen molar-refractivity contribution in [2.24, 2.45) is 4.99 Å². The van der Waals surface area contributed by atoms with Crippen LogP contribution in [0.15, 0.2) is 40.7 Å². The predicted octanol–water partition coefficient (Wildman–Crippen LogP) is 3.82. The number of benzene rings is 1. The first-order valence-corrected chi connectivity index (χ1v) is 11.1. The molecule has 0 spiro atoms. The third kappa shape index (κ3) is 8.82. The zero-order valence-corrected chi connectivity index (χ0v) is 19.3. The predicted molar refractivity (Wildman–Crippen MR) is 123 cm³/mol. The van der Waals surface area contributed by atoms with Gasteiger partial charge in [0.25, 0.3) is 0 Å². The number of hydrogen-bond donors (Lipinski definition) is 3. The number of hydrogen-bond acceptors (Lipinski definition) is 5. The largest absolute Gasteiger partial charge is 0.444 e. The van der Waals surface area contributed by atoms with Gasteiger partial charge in [-0.05, 0) is 40.2 Å². The summed E-state index contributed by atoms with van der Waals surface area (Å²) in [7, 11) is 0. The van der Waals surface area contributed by atoms with Crippen molar-refractivity contribution < 1.29 is 9.53 Å². The Morgan fingerprint density at radius 2 is 1.97 bits per heavy atom. The van der Waals surface area contributed by atoms with Gasteiger partial charge in [-0.1, -0.05) is 30.3 Å². The smallest absolute Gasteiger partial charge is 0.408 e. The summed E-state index contributed by atoms with van der Waals surface area (Å²) in [4.78, 5) is 21.5. The second kappa shape index (κ2) is 11.5. The minimum Gasteiger partial charge on any atom is -0.444 e. The molecule has 7 nitrogen and oxygen atoms in total. The van der Waals surface area contributed by atoms with Crippen molar-refractivity contribution in [2.45, 2.75) is 52.7 Å². The summed E-state index contributed by atoms with van der Waals surface area (Å²) in [6.07, 6.45) is 0.371. The molecule has 0 radical (unpaired) electrons. The topological polar surface area (TPSA) is 87.6 Å². The molecular weight excluding hydrogens is 398 g/mol. The van der Waals surface area contributed by atoms with E-state index in [1.54, 1.807) is 11.3 Å². The van der Waals surface area contributed by atoms with Crippen molar-refractivity contribution in [1.82, 2.24) is 20.9 Å². The number of amides is 1. The lowest BCUT2D eigenvalue weighted by atomic mass is 10.1. The Morgan fingerprint density at radius 1 is 1.23 bits per heavy atom. The Bertz CT molecular complexity index is 814. The molecule has 30 heavy (non-hydrogen) atoms. The van der Waals surface area contributed by atoms with E-state index in [1.165, 1.54) is 0 Å². The van der Waals surface area contributed by atoms with Crippen molar-refractivity contribution in [1.29, 1.82) is 0 Å². The van der Waals surface area contributed by atoms with Gasteiger partial charge in [-0.15, -0.1) is 11.3 Å². The van der Waals surface area contributed by atoms with Crippen LogP contribution in [0.2, 0.25) is 0 Å². The maximum absolute atomic E-state index is 12.3. The zero-order valence-electron chi connectivity index (χ0n) is 18.5. The average molecular weight is 432 g/mol. The number of aromatic nitrogens is 1. The Labute approximate surface area is 183 Å². The van der Waals surface area contributed by atoms with Gasteiger partial charge in [0.1, 0.15) is 5.60 Å². The molecule has 164 valence electrons. The summed E-state index contributed by atoms with van der Waals surface area (Å²) in [6, 6.07) is 9.50. The number of guanidine groups is 1. The number of nitrogens with zero attached hydrogens (tertiary/aromatic N) is 2. The standard InChI is InChI=1S/C22H33N5O2S/c1-6-23-20(24-13-12-18-15-30-16(2)26-18)25-14-19(17-10-8-7-9-11-17)27-21(28)29-22(3,4)5/h7-11,15,19H,6,12-14H2,1-5H3,(H,27,28)(H2,23,24,25). The van der Waals surface area contributed by atoms with Gasteiger partial charge in [0.05, 0.1) is 23.3 Å². The number of ether oxygens (including phenoxy) is 1. The second-order valence-corrected chi connectivity index (χ2v) is 8.93. The molecule has 1 atom stereocenters. The second-order valence-electron chi connectivity index (χ2n) is 7.86. The molecule has 0 aliphatic carbocycles. The average Bonchev–Trinajstić information content (AvgIpc) is 3.09. The molecule has 1 aromatic heterocycles. The molecule has 1 amide bonds. The Balaban J connectivity index is 2.02. The Hall–Kier alpha value is -2.61. The van der Waals surface area contributed by atoms with E-state index < -0.39 is 11.7 Å². The number of aliphatic imine (C=N–C) groups is 1. The van der Waals surface area contributed by atoms with Crippen LogP contribution in [0.4, 0.5) is 4.79 Å². The van der Waals surface area contributed by atoms with E-state index in [2.05, 4.69) is 31.3 Å². The normalized spacial score (nSPS) is 12.9. The van der Waals surface area contributed by atoms with Gasteiger partial charge in [0.15, 0.2) is 5.96 Å². The van der Waals surface area contributed by atoms with E-state index in [-0.39, 0.29) is 6.04 Å². The van der Waals surface area contributed by atoms with Gasteiger partial charge in [0.2, 0.25) is 0 Å². The third-order valence-electron chi connectivity index (χ3n) is 4.01. The molecule has 1 heterocycles. The molecule has 0 aliphatic heterocycles. The van der Waals surface area contributed by atoms with Crippen LogP contribution in [0.1, 0.15) is 50.0 Å². The van der Waals surface area contributed by atoms with Gasteiger partial charge in [-0.2, -0.15) is 0 Å². The highest BCUT2D eigenvalue weighted by molar-refractivity contribution is 7.09. The molecule has 1 unspecified atom stereocenters. The van der Waals surface area contributed by atoms with Crippen molar-refractivity contribution >= 4 is 23.4 Å². The van der Waals surface area contributed by atoms with Gasteiger partial charge in [0, 0.05) is 24.9 Å². The summed E-state index contributed by atoms with van der Waals surface area (Å²) in [6.45, 7) is 11.4. The molecule has 0 fully saturated rings. The summed E-state index contributed by atoms with van der Waals surface area (Å²) < 4.78 is 5.42. The molecule has 0 saturated heterocycles. The Morgan fingerprint density at radius 3 is 2.57 bits per heavy atom. The fraction of sp³-hybridized carbons (Fsp3) is 0.500. The number of rotatable bonds is 8. The highest BCUT2D eigenvalue weighted by Crippen LogP contribution is 2.15. The lowest BCUT2D eigenvalue weighted by molar-refractivity contribution is 0.0505. The zero-order chi connectivity index (χ0) is 22.0. The minimum absolute atomic E-state index is 0.294. The SMILES string of the molecule is CCNC(=NCC(NC(=O)OC(C)(C)C)c1ccccc1)NCCc1csc(C)n1. The first kappa shape index (κ1) is 23.7. The van der Waals surface area contributed by atoms with E-state index in [0.717, 1.165) is 35.8 Å². The maximum atomic E-state index is 12.3. The van der Waals surface area contributed by atoms with Crippen LogP contribution < -0.4 is 16.0 Å². The number of thiazole rings is 1. The molecule has 2 rings (SSSR count). The van der Waals surface area contributed by atoms with E-state index in [4.69, 9.17) is 4.74 Å². The van der Waals surface area contributed by atoms with Crippen LogP contribution >= 0.6 is 11.3 Å². The lowest BCUT2D eigenvalue weighted by Gasteiger charge is -2.23. The molecule has 2 aromatic rings. The monoisotopic (exact) mass is 431 g/mol. The number of carbonyl (C=O) groups is 1. The van der Waals surface area contributed by atoms with Gasteiger partial charge in [-0.3, -0.25) is 4.99 Å². The van der Waals surface area contributed by atoms with Crippen LogP contribution in [0, 0.1) is 6.92 Å². The molecular formula is C22H33N5O2S. The van der Waals surface area contributed by atoms with Crippen LogP contribution in [-0.4, -0.2) is 42.3 Å². The van der Waals surface area contributed by atoms with E-state index >= 15 is 0 Å². The Kier molecular flexibility index (Phi) is 9.11. The number of aryl methyl sites for hydroxylation is 1. The highest BCUT2D eigenvalue weighted by atomic mass is 32.1. The molecule has 0 aliphatic rings. The highest BCUT2D eigenvalue weighted by Gasteiger charge is 2.20. The van der Waals surface area contributed by atoms with Gasteiger partial charge >= 0.3 is 6.09 Å². The summed E-state index contributed by atoms with van der Waals surface area (Å²) in [5.41, 5.74) is 1.49. The molecule has 0 bridgehead atoms. The van der Waals surface area contributed by atoms with Crippen LogP contribution in [-0.2, 0) is 11.2 Å². The number of alkyl carbamates (subject to hydrolysis) is 1. The summed E-state index contributed by atoms with van der Waals surface area (Å²) in [5, 5.41) is 12.7. The van der Waals surface area contributed by atoms with Crippen LogP contribution in [0.3, 0.4) is 0 Å². The first-order valence-electron chi connectivity index (χ1n) is 10.2. The fourth-order valence-electron chi connectivity index (χ4n) is 2.73. The van der Waals surface area contributed by atoms with Crippen molar-refractivity contribution in [3.63, 3.8) is 0 Å². The van der Waals surface area contributed by atoms with E-state index in [0.29, 0.717) is 12.5 Å². The minimum atomic E-state index is -0.556. The van der Waals surface area contributed by atoms with Crippen LogP contribution in [0.25, 0.3) is 0 Å². The number of nitrogens with one attached hydrogen (secondary N) is 3. The van der Waals surface area contributed by atoms with E-state index in [9.17, 15) is 4.79 Å². The molecule has 1 aromatic carbocycles.